The monoisotopic (exact) mass is 674 g/mol. The zero-order valence-corrected chi connectivity index (χ0v) is 26.2. The Bertz CT molecular complexity index is 1950. The van der Waals surface area contributed by atoms with Gasteiger partial charge < -0.3 is 9.64 Å². The smallest absolute Gasteiger partial charge is 0.413 e. The van der Waals surface area contributed by atoms with Crippen LogP contribution in [-0.2, 0) is 37.3 Å². The molecule has 0 aliphatic carbocycles. The number of anilines is 1. The van der Waals surface area contributed by atoms with Gasteiger partial charge in [0, 0.05) is 24.4 Å². The first-order valence-corrected chi connectivity index (χ1v) is 16.3. The molecule has 1 aromatic heterocycles. The molecular weight excluding hydrogens is 644 g/mol. The van der Waals surface area contributed by atoms with Gasteiger partial charge >= 0.3 is 11.8 Å². The molecule has 15 nitrogen and oxygen atoms in total. The van der Waals surface area contributed by atoms with Crippen LogP contribution in [0.2, 0.25) is 0 Å². The summed E-state index contributed by atoms with van der Waals surface area (Å²) in [6.45, 7) is -1.46. The molecule has 0 spiro atoms. The number of ether oxygens (including phenoxy) is 1. The number of carbonyl (C=O) groups is 3. The number of benzene rings is 3. The lowest BCUT2D eigenvalue weighted by Crippen LogP contribution is -2.55. The minimum atomic E-state index is -4.13. The zero-order valence-electron chi connectivity index (χ0n) is 25.4. The van der Waals surface area contributed by atoms with E-state index in [1.54, 1.807) is 6.07 Å². The number of para-hydroxylation sites is 1. The van der Waals surface area contributed by atoms with Gasteiger partial charge in [0.25, 0.3) is 11.6 Å². The van der Waals surface area contributed by atoms with Crippen LogP contribution >= 0.6 is 0 Å². The lowest BCUT2D eigenvalue weighted by Gasteiger charge is -2.33. The molecule has 0 radical (unpaired) electrons. The van der Waals surface area contributed by atoms with E-state index in [2.05, 4.69) is 10.3 Å². The highest BCUT2D eigenvalue weighted by molar-refractivity contribution is 7.89. The van der Waals surface area contributed by atoms with E-state index < -0.39 is 63.5 Å². The van der Waals surface area contributed by atoms with Crippen molar-refractivity contribution in [2.45, 2.75) is 19.1 Å². The molecule has 2 heterocycles. The maximum Gasteiger partial charge on any atom is 0.413 e. The highest BCUT2D eigenvalue weighted by atomic mass is 32.2. The van der Waals surface area contributed by atoms with Crippen LogP contribution in [0.25, 0.3) is 0 Å². The summed E-state index contributed by atoms with van der Waals surface area (Å²) >= 11 is 0. The number of nitro groups is 1. The number of nitro benzene ring substituents is 1. The van der Waals surface area contributed by atoms with Gasteiger partial charge in [-0.3, -0.25) is 29.6 Å². The Morgan fingerprint density at radius 3 is 2.15 bits per heavy atom. The highest BCUT2D eigenvalue weighted by Crippen LogP contribution is 2.26. The maximum absolute atomic E-state index is 13.0. The third-order valence-electron chi connectivity index (χ3n) is 7.52. The SMILES string of the molecule is O=C(Nc1ccn(CC(=O)N2CCN(S(=O)(=O)CCc3ccccc3[N+](=O)[O-])C(=O)C2)c(=O)n1)OC(c1ccccc1)c1ccccc1. The van der Waals surface area contributed by atoms with Gasteiger partial charge in [0.2, 0.25) is 15.9 Å². The van der Waals surface area contributed by atoms with Gasteiger partial charge in [-0.05, 0) is 23.6 Å². The van der Waals surface area contributed by atoms with Crippen LogP contribution in [0, 0.1) is 10.1 Å². The number of amides is 3. The topological polar surface area (TPSA) is 191 Å². The molecule has 1 N–H and O–H groups in total. The van der Waals surface area contributed by atoms with Crippen molar-refractivity contribution >= 4 is 39.4 Å². The summed E-state index contributed by atoms with van der Waals surface area (Å²) in [5, 5.41) is 13.7. The Hall–Kier alpha value is -5.90. The lowest BCUT2D eigenvalue weighted by molar-refractivity contribution is -0.385. The number of aromatic nitrogens is 2. The molecule has 4 aromatic rings. The third kappa shape index (κ3) is 8.08. The first-order chi connectivity index (χ1) is 23.0. The van der Waals surface area contributed by atoms with E-state index >= 15 is 0 Å². The van der Waals surface area contributed by atoms with Crippen LogP contribution in [0.5, 0.6) is 0 Å². The van der Waals surface area contributed by atoms with Gasteiger partial charge in [0.1, 0.15) is 18.9 Å². The summed E-state index contributed by atoms with van der Waals surface area (Å²) < 4.78 is 33.1. The molecule has 16 heteroatoms. The molecule has 0 bridgehead atoms. The minimum Gasteiger partial charge on any atom is -0.436 e. The van der Waals surface area contributed by atoms with E-state index in [1.807, 2.05) is 60.7 Å². The van der Waals surface area contributed by atoms with Crippen molar-refractivity contribution in [2.75, 3.05) is 30.7 Å². The number of rotatable bonds is 11. The van der Waals surface area contributed by atoms with Crippen LogP contribution < -0.4 is 11.0 Å². The number of piperazine rings is 1. The Kier molecular flexibility index (Phi) is 10.2. The predicted molar refractivity (Wildman–Crippen MR) is 172 cm³/mol. The van der Waals surface area contributed by atoms with Crippen LogP contribution in [-0.4, -0.2) is 75.4 Å². The Morgan fingerprint density at radius 2 is 1.54 bits per heavy atom. The molecule has 0 unspecified atom stereocenters. The second-order valence-electron chi connectivity index (χ2n) is 10.7. The van der Waals surface area contributed by atoms with Gasteiger partial charge in [0.15, 0.2) is 6.10 Å². The van der Waals surface area contributed by atoms with E-state index in [-0.39, 0.29) is 36.6 Å². The fraction of sp³-hybridized carbons (Fsp3) is 0.219. The summed E-state index contributed by atoms with van der Waals surface area (Å²) in [6.07, 6.45) is -0.513. The molecule has 1 aliphatic rings. The second-order valence-corrected chi connectivity index (χ2v) is 12.7. The van der Waals surface area contributed by atoms with E-state index in [0.717, 1.165) is 20.6 Å². The predicted octanol–water partition coefficient (Wildman–Crippen LogP) is 2.73. The first-order valence-electron chi connectivity index (χ1n) is 14.7. The number of aryl methyl sites for hydroxylation is 1. The first kappa shape index (κ1) is 33.5. The Labute approximate surface area is 274 Å². The normalized spacial score (nSPS) is 13.3. The molecule has 1 saturated heterocycles. The standard InChI is InChI=1S/C32H30N6O9S/c39-28(35-18-19-37(29(40)22-35)48(45,46)20-16-23-9-7-8-14-26(23)38(43)44)21-36-17-15-27(33-31(36)41)34-32(42)47-30(24-10-3-1-4-11-24)25-12-5-2-6-13-25/h1-15,17,30H,16,18-22H2,(H,33,34,41,42). The van der Waals surface area contributed by atoms with E-state index in [9.17, 15) is 37.7 Å². The highest BCUT2D eigenvalue weighted by Gasteiger charge is 2.34. The summed E-state index contributed by atoms with van der Waals surface area (Å²) in [6, 6.07) is 25.2. The van der Waals surface area contributed by atoms with Crippen molar-refractivity contribution in [1.82, 2.24) is 18.8 Å². The van der Waals surface area contributed by atoms with E-state index in [0.29, 0.717) is 4.31 Å². The lowest BCUT2D eigenvalue weighted by atomic mass is 10.0. The van der Waals surface area contributed by atoms with E-state index in [4.69, 9.17) is 4.74 Å². The molecular formula is C32H30N6O9S. The number of hydrogen-bond acceptors (Lipinski definition) is 10. The molecule has 3 aromatic carbocycles. The van der Waals surface area contributed by atoms with Crippen LogP contribution in [0.1, 0.15) is 22.8 Å². The number of nitrogens with zero attached hydrogens (tertiary/aromatic N) is 5. The van der Waals surface area contributed by atoms with Crippen LogP contribution in [0.15, 0.2) is 102 Å². The summed E-state index contributed by atoms with van der Waals surface area (Å²) in [7, 11) is -4.13. The van der Waals surface area contributed by atoms with Crippen molar-refractivity contribution < 1.29 is 32.5 Å². The average Bonchev–Trinajstić information content (AvgIpc) is 3.08. The molecule has 3 amide bonds. The summed E-state index contributed by atoms with van der Waals surface area (Å²) in [5.41, 5.74) is 0.606. The molecule has 0 saturated carbocycles. The van der Waals surface area contributed by atoms with E-state index in [1.165, 1.54) is 30.5 Å². The van der Waals surface area contributed by atoms with Gasteiger partial charge in [-0.2, -0.15) is 4.98 Å². The van der Waals surface area contributed by atoms with Gasteiger partial charge in [-0.25, -0.2) is 22.3 Å². The molecule has 1 fully saturated rings. The minimum absolute atomic E-state index is 0.108. The van der Waals surface area contributed by atoms with Gasteiger partial charge in [-0.1, -0.05) is 78.9 Å². The van der Waals surface area contributed by atoms with Crippen molar-refractivity contribution in [3.8, 4) is 0 Å². The van der Waals surface area contributed by atoms with Crippen molar-refractivity contribution in [2.24, 2.45) is 0 Å². The average molecular weight is 675 g/mol. The van der Waals surface area contributed by atoms with Crippen molar-refractivity contribution in [1.29, 1.82) is 0 Å². The maximum atomic E-state index is 13.0. The summed E-state index contributed by atoms with van der Waals surface area (Å²) in [4.78, 5) is 66.8. The van der Waals surface area contributed by atoms with Crippen molar-refractivity contribution in [3.63, 3.8) is 0 Å². The fourth-order valence-electron chi connectivity index (χ4n) is 5.10. The third-order valence-corrected chi connectivity index (χ3v) is 9.30. The summed E-state index contributed by atoms with van der Waals surface area (Å²) in [5.74, 6) is -2.11. The molecule has 0 atom stereocenters. The zero-order chi connectivity index (χ0) is 34.3. The molecule has 248 valence electrons. The quantitative estimate of drug-likeness (QED) is 0.183. The van der Waals surface area contributed by atoms with Crippen LogP contribution in [0.3, 0.4) is 0 Å². The molecule has 48 heavy (non-hydrogen) atoms. The van der Waals surface area contributed by atoms with Gasteiger partial charge in [-0.15, -0.1) is 0 Å². The largest absolute Gasteiger partial charge is 0.436 e. The Morgan fingerprint density at radius 1 is 0.917 bits per heavy atom. The number of carbonyl (C=O) groups excluding carboxylic acids is 3. The van der Waals surface area contributed by atoms with Gasteiger partial charge in [0.05, 0.1) is 17.2 Å². The Balaban J connectivity index is 1.16. The number of sulfonamides is 1. The number of hydrogen-bond donors (Lipinski definition) is 1. The molecule has 1 aliphatic heterocycles. The second kappa shape index (κ2) is 14.7. The number of nitrogens with one attached hydrogen (secondary N) is 1. The van der Waals surface area contributed by atoms with Crippen LogP contribution in [0.4, 0.5) is 16.3 Å². The van der Waals surface area contributed by atoms with Crippen molar-refractivity contribution in [3.05, 3.63) is 134 Å². The fourth-order valence-corrected chi connectivity index (χ4v) is 6.53. The molecule has 5 rings (SSSR count).